The van der Waals surface area contributed by atoms with Gasteiger partial charge in [0.05, 0.1) is 5.66 Å². The third kappa shape index (κ3) is 3.39. The van der Waals surface area contributed by atoms with Crippen molar-refractivity contribution >= 4 is 0 Å². The van der Waals surface area contributed by atoms with Gasteiger partial charge in [-0.05, 0) is 27.6 Å². The van der Waals surface area contributed by atoms with E-state index in [4.69, 9.17) is 6.58 Å². The minimum atomic E-state index is -0.118. The summed E-state index contributed by atoms with van der Waals surface area (Å²) in [5, 5.41) is 9.19. The molecule has 0 unspecified atom stereocenters. The topological polar surface area (TPSA) is 36.1 Å². The van der Waals surface area contributed by atoms with Crippen molar-refractivity contribution in [2.45, 2.75) is 19.0 Å². The normalized spacial score (nSPS) is 11.3. The molecule has 0 aromatic carbocycles. The van der Waals surface area contributed by atoms with Crippen molar-refractivity contribution in [1.82, 2.24) is 16.0 Å². The van der Waals surface area contributed by atoms with Crippen molar-refractivity contribution in [2.75, 3.05) is 21.1 Å². The fourth-order valence-electron chi connectivity index (χ4n) is 0.771. The number of hydrogen-bond donors (Lipinski definition) is 3. The van der Waals surface area contributed by atoms with Gasteiger partial charge in [-0.1, -0.05) is 0 Å². The first kappa shape index (κ1) is 10.5. The van der Waals surface area contributed by atoms with Crippen molar-refractivity contribution < 1.29 is 0 Å². The van der Waals surface area contributed by atoms with Crippen LogP contribution in [0.3, 0.4) is 0 Å². The standard InChI is InChI=1S/C8H18N3/c1-7(9-3)6-8(2,10-4)11-5/h1,9-11H,6H2,2-5H3. The van der Waals surface area contributed by atoms with E-state index in [1.807, 2.05) is 21.1 Å². The Morgan fingerprint density at radius 2 is 1.73 bits per heavy atom. The zero-order valence-electron chi connectivity index (χ0n) is 7.78. The fourth-order valence-corrected chi connectivity index (χ4v) is 0.771. The van der Waals surface area contributed by atoms with E-state index in [-0.39, 0.29) is 5.66 Å². The Labute approximate surface area is 69.3 Å². The van der Waals surface area contributed by atoms with E-state index in [0.717, 1.165) is 12.1 Å². The molecule has 0 heterocycles. The quantitative estimate of drug-likeness (QED) is 0.493. The lowest BCUT2D eigenvalue weighted by Crippen LogP contribution is -2.51. The van der Waals surface area contributed by atoms with Crippen molar-refractivity contribution in [1.29, 1.82) is 0 Å². The summed E-state index contributed by atoms with van der Waals surface area (Å²) in [6, 6.07) is 0. The largest absolute Gasteiger partial charge is 0.391 e. The molecule has 3 N–H and O–H groups in total. The lowest BCUT2D eigenvalue weighted by Gasteiger charge is -2.29. The van der Waals surface area contributed by atoms with E-state index in [2.05, 4.69) is 22.9 Å². The molecule has 3 heteroatoms. The summed E-state index contributed by atoms with van der Waals surface area (Å²) >= 11 is 0. The fraction of sp³-hybridized carbons (Fsp3) is 0.750. The van der Waals surface area contributed by atoms with Crippen molar-refractivity contribution in [3.63, 3.8) is 0 Å². The molecule has 11 heavy (non-hydrogen) atoms. The molecular weight excluding hydrogens is 138 g/mol. The van der Waals surface area contributed by atoms with E-state index >= 15 is 0 Å². The van der Waals surface area contributed by atoms with Crippen LogP contribution in [0, 0.1) is 6.58 Å². The van der Waals surface area contributed by atoms with Gasteiger partial charge < -0.3 is 16.0 Å². The van der Waals surface area contributed by atoms with Gasteiger partial charge in [0.25, 0.3) is 0 Å². The molecule has 0 bridgehead atoms. The predicted octanol–water partition coefficient (Wildman–Crippen LogP) is 0.0678. The molecule has 0 aromatic rings. The zero-order chi connectivity index (χ0) is 8.91. The molecule has 0 fully saturated rings. The summed E-state index contributed by atoms with van der Waals surface area (Å²) < 4.78 is 0. The van der Waals surface area contributed by atoms with Gasteiger partial charge in [-0.3, -0.25) is 0 Å². The Balaban J connectivity index is 3.96. The smallest absolute Gasteiger partial charge is 0.0708 e. The van der Waals surface area contributed by atoms with Gasteiger partial charge >= 0.3 is 0 Å². The highest BCUT2D eigenvalue weighted by Gasteiger charge is 2.19. The molecule has 0 aliphatic heterocycles. The Kier molecular flexibility index (Phi) is 4.15. The highest BCUT2D eigenvalue weighted by molar-refractivity contribution is 4.96. The third-order valence-electron chi connectivity index (χ3n) is 1.97. The maximum absolute atomic E-state index is 5.64. The van der Waals surface area contributed by atoms with Gasteiger partial charge in [-0.25, -0.2) is 0 Å². The summed E-state index contributed by atoms with van der Waals surface area (Å²) in [6.07, 6.45) is 0.760. The molecule has 0 amide bonds. The summed E-state index contributed by atoms with van der Waals surface area (Å²) in [6.45, 7) is 7.69. The SMILES string of the molecule is [CH]=C(CC(C)(NC)NC)NC. The average Bonchev–Trinajstić information content (AvgIpc) is 2.04. The molecule has 0 saturated heterocycles. The van der Waals surface area contributed by atoms with Gasteiger partial charge in [0.1, 0.15) is 0 Å². The maximum atomic E-state index is 5.64. The Morgan fingerprint density at radius 3 is 2.00 bits per heavy atom. The first-order valence-corrected chi connectivity index (χ1v) is 3.75. The summed E-state index contributed by atoms with van der Waals surface area (Å²) in [5.74, 6) is 0. The monoisotopic (exact) mass is 156 g/mol. The van der Waals surface area contributed by atoms with Crippen molar-refractivity contribution in [3.05, 3.63) is 12.3 Å². The molecule has 1 radical (unpaired) electrons. The maximum Gasteiger partial charge on any atom is 0.0708 e. The van der Waals surface area contributed by atoms with E-state index in [9.17, 15) is 0 Å². The molecule has 0 spiro atoms. The zero-order valence-corrected chi connectivity index (χ0v) is 7.78. The van der Waals surface area contributed by atoms with Crippen LogP contribution in [0.2, 0.25) is 0 Å². The number of hydrogen-bond acceptors (Lipinski definition) is 3. The van der Waals surface area contributed by atoms with Crippen LogP contribution in [0.5, 0.6) is 0 Å². The minimum absolute atomic E-state index is 0.118. The molecule has 65 valence electrons. The van der Waals surface area contributed by atoms with Gasteiger partial charge in [0.2, 0.25) is 0 Å². The summed E-state index contributed by atoms with van der Waals surface area (Å²) in [4.78, 5) is 0. The van der Waals surface area contributed by atoms with E-state index in [0.29, 0.717) is 0 Å². The second-order valence-electron chi connectivity index (χ2n) is 2.78. The first-order valence-electron chi connectivity index (χ1n) is 3.75. The lowest BCUT2D eigenvalue weighted by atomic mass is 10.1. The highest BCUT2D eigenvalue weighted by Crippen LogP contribution is 2.07. The van der Waals surface area contributed by atoms with E-state index in [1.54, 1.807) is 0 Å². The molecular formula is C8H18N3. The van der Waals surface area contributed by atoms with Crippen molar-refractivity contribution in [3.8, 4) is 0 Å². The molecule has 3 nitrogen and oxygen atoms in total. The molecule has 0 aliphatic rings. The van der Waals surface area contributed by atoms with Crippen LogP contribution in [-0.2, 0) is 0 Å². The van der Waals surface area contributed by atoms with E-state index < -0.39 is 0 Å². The summed E-state index contributed by atoms with van der Waals surface area (Å²) in [5.41, 5.74) is 0.656. The van der Waals surface area contributed by atoms with Crippen LogP contribution in [0.15, 0.2) is 5.70 Å². The molecule has 0 saturated carbocycles. The second kappa shape index (κ2) is 4.36. The van der Waals surface area contributed by atoms with Crippen LogP contribution >= 0.6 is 0 Å². The van der Waals surface area contributed by atoms with Crippen LogP contribution in [0.1, 0.15) is 13.3 Å². The summed E-state index contributed by atoms with van der Waals surface area (Å²) in [7, 11) is 5.62. The Morgan fingerprint density at radius 1 is 1.27 bits per heavy atom. The minimum Gasteiger partial charge on any atom is -0.391 e. The molecule has 0 atom stereocenters. The molecule has 0 aromatic heterocycles. The van der Waals surface area contributed by atoms with Gasteiger partial charge in [-0.15, -0.1) is 0 Å². The lowest BCUT2D eigenvalue weighted by molar-refractivity contribution is 0.320. The van der Waals surface area contributed by atoms with Crippen LogP contribution in [0.25, 0.3) is 0 Å². The van der Waals surface area contributed by atoms with E-state index in [1.165, 1.54) is 0 Å². The van der Waals surface area contributed by atoms with Gasteiger partial charge in [0, 0.05) is 19.2 Å². The van der Waals surface area contributed by atoms with Crippen LogP contribution in [-0.4, -0.2) is 26.8 Å². The van der Waals surface area contributed by atoms with Gasteiger partial charge in [0.15, 0.2) is 0 Å². The third-order valence-corrected chi connectivity index (χ3v) is 1.97. The molecule has 0 aliphatic carbocycles. The van der Waals surface area contributed by atoms with Crippen LogP contribution in [0.4, 0.5) is 0 Å². The Bertz CT molecular complexity index is 127. The van der Waals surface area contributed by atoms with Gasteiger partial charge in [-0.2, -0.15) is 0 Å². The highest BCUT2D eigenvalue weighted by atomic mass is 15.2. The van der Waals surface area contributed by atoms with Crippen molar-refractivity contribution in [2.24, 2.45) is 0 Å². The van der Waals surface area contributed by atoms with Crippen LogP contribution < -0.4 is 16.0 Å². The first-order chi connectivity index (χ1) is 5.08. The molecule has 0 rings (SSSR count). The number of rotatable bonds is 5. The average molecular weight is 156 g/mol. The Hall–Kier alpha value is -0.540. The second-order valence-corrected chi connectivity index (χ2v) is 2.78. The predicted molar refractivity (Wildman–Crippen MR) is 48.0 cm³/mol. The number of nitrogens with one attached hydrogen (secondary N) is 3.